The number of nitrogens with one attached hydrogen (secondary N) is 1. The van der Waals surface area contributed by atoms with Crippen LogP contribution in [0.2, 0.25) is 0 Å². The largest absolute Gasteiger partial charge is 0.480 e. The van der Waals surface area contributed by atoms with Crippen molar-refractivity contribution < 1.29 is 32.6 Å². The van der Waals surface area contributed by atoms with E-state index >= 15 is 0 Å². The molecule has 24 heavy (non-hydrogen) atoms. The number of methoxy groups -OCH3 is 1. The molecule has 2 heterocycles. The number of hydrogen-bond donors (Lipinski definition) is 2. The Labute approximate surface area is 138 Å². The second-order valence-corrected chi connectivity index (χ2v) is 5.92. The Morgan fingerprint density at radius 1 is 1.42 bits per heavy atom. The SMILES string of the molecule is COCC(NC(=O)c1sc2nc(C(F)(F)F)ccc2c1C)C(=O)O. The van der Waals surface area contributed by atoms with Crippen molar-refractivity contribution in [1.82, 2.24) is 10.3 Å². The molecule has 2 aromatic heterocycles. The fourth-order valence-corrected chi connectivity index (χ4v) is 3.12. The van der Waals surface area contributed by atoms with Gasteiger partial charge in [-0.1, -0.05) is 0 Å². The molecule has 0 fully saturated rings. The molecule has 0 aliphatic heterocycles. The van der Waals surface area contributed by atoms with Gasteiger partial charge in [-0.15, -0.1) is 11.3 Å². The number of carboxylic acid groups (broad SMARTS) is 1. The number of ether oxygens (including phenoxy) is 1. The molecule has 0 aromatic carbocycles. The van der Waals surface area contributed by atoms with Crippen molar-refractivity contribution in [3.63, 3.8) is 0 Å². The number of carbonyl (C=O) groups excluding carboxylic acids is 1. The average Bonchev–Trinajstić information content (AvgIpc) is 2.82. The van der Waals surface area contributed by atoms with Crippen molar-refractivity contribution in [2.45, 2.75) is 19.1 Å². The third kappa shape index (κ3) is 3.65. The summed E-state index contributed by atoms with van der Waals surface area (Å²) in [5.74, 6) is -1.98. The minimum absolute atomic E-state index is 0.0612. The monoisotopic (exact) mass is 362 g/mol. The number of halogens is 3. The number of carboxylic acids is 1. The first-order chi connectivity index (χ1) is 11.1. The summed E-state index contributed by atoms with van der Waals surface area (Å²) < 4.78 is 42.8. The van der Waals surface area contributed by atoms with Crippen molar-refractivity contribution in [2.75, 3.05) is 13.7 Å². The van der Waals surface area contributed by atoms with E-state index in [1.807, 2.05) is 0 Å². The smallest absolute Gasteiger partial charge is 0.433 e. The Bertz CT molecular complexity index is 788. The van der Waals surface area contributed by atoms with Crippen molar-refractivity contribution in [3.8, 4) is 0 Å². The highest BCUT2D eigenvalue weighted by Gasteiger charge is 2.33. The molecule has 1 unspecified atom stereocenters. The Morgan fingerprint density at radius 3 is 2.62 bits per heavy atom. The molecule has 0 spiro atoms. The van der Waals surface area contributed by atoms with Gasteiger partial charge in [-0.25, -0.2) is 9.78 Å². The maximum Gasteiger partial charge on any atom is 0.433 e. The van der Waals surface area contributed by atoms with Crippen LogP contribution in [-0.2, 0) is 15.7 Å². The minimum atomic E-state index is -4.58. The molecule has 0 saturated carbocycles. The maximum absolute atomic E-state index is 12.7. The second kappa shape index (κ2) is 6.73. The van der Waals surface area contributed by atoms with E-state index in [0.29, 0.717) is 10.9 Å². The number of nitrogens with zero attached hydrogens (tertiary/aromatic N) is 1. The molecular formula is C14H13F3N2O4S. The van der Waals surface area contributed by atoms with E-state index in [4.69, 9.17) is 9.84 Å². The van der Waals surface area contributed by atoms with Gasteiger partial charge in [-0.05, 0) is 24.6 Å². The highest BCUT2D eigenvalue weighted by molar-refractivity contribution is 7.20. The predicted molar refractivity (Wildman–Crippen MR) is 80.1 cm³/mol. The summed E-state index contributed by atoms with van der Waals surface area (Å²) >= 11 is 0.777. The van der Waals surface area contributed by atoms with Crippen molar-refractivity contribution in [3.05, 3.63) is 28.3 Å². The molecule has 1 atom stereocenters. The van der Waals surface area contributed by atoms with E-state index < -0.39 is 29.8 Å². The lowest BCUT2D eigenvalue weighted by Gasteiger charge is -2.12. The lowest BCUT2D eigenvalue weighted by atomic mass is 10.1. The molecule has 2 N–H and O–H groups in total. The maximum atomic E-state index is 12.7. The summed E-state index contributed by atoms with van der Waals surface area (Å²) in [6, 6.07) is 0.831. The Hall–Kier alpha value is -2.20. The van der Waals surface area contributed by atoms with Gasteiger partial charge in [0.2, 0.25) is 0 Å². The van der Waals surface area contributed by atoms with E-state index in [0.717, 1.165) is 17.4 Å². The van der Waals surface area contributed by atoms with Gasteiger partial charge in [0.15, 0.2) is 6.04 Å². The molecule has 130 valence electrons. The molecule has 6 nitrogen and oxygen atoms in total. The number of aromatic nitrogens is 1. The number of aryl methyl sites for hydroxylation is 1. The molecule has 0 bridgehead atoms. The van der Waals surface area contributed by atoms with Gasteiger partial charge < -0.3 is 15.2 Å². The van der Waals surface area contributed by atoms with Crippen LogP contribution in [-0.4, -0.2) is 41.7 Å². The summed E-state index contributed by atoms with van der Waals surface area (Å²) in [5, 5.41) is 11.7. The Kier molecular flexibility index (Phi) is 5.09. The molecule has 2 rings (SSSR count). The van der Waals surface area contributed by atoms with Crippen LogP contribution in [0.25, 0.3) is 10.2 Å². The standard InChI is InChI=1S/C14H13F3N2O4S/c1-6-7-3-4-9(14(15,16)17)19-12(7)24-10(6)11(20)18-8(5-23-2)13(21)22/h3-4,8H,5H2,1-2H3,(H,18,20)(H,21,22). The van der Waals surface area contributed by atoms with Crippen LogP contribution >= 0.6 is 11.3 Å². The van der Waals surface area contributed by atoms with Crippen LogP contribution in [0.3, 0.4) is 0 Å². The number of fused-ring (bicyclic) bond motifs is 1. The van der Waals surface area contributed by atoms with Gasteiger partial charge in [0, 0.05) is 12.5 Å². The number of pyridine rings is 1. The van der Waals surface area contributed by atoms with Crippen LogP contribution in [0.5, 0.6) is 0 Å². The minimum Gasteiger partial charge on any atom is -0.480 e. The van der Waals surface area contributed by atoms with Gasteiger partial charge in [0.25, 0.3) is 5.91 Å². The third-order valence-corrected chi connectivity index (χ3v) is 4.44. The fourth-order valence-electron chi connectivity index (χ4n) is 2.04. The highest BCUT2D eigenvalue weighted by atomic mass is 32.1. The third-order valence-electron chi connectivity index (χ3n) is 3.24. The number of alkyl halides is 3. The highest BCUT2D eigenvalue weighted by Crippen LogP contribution is 2.34. The van der Waals surface area contributed by atoms with E-state index in [-0.39, 0.29) is 16.3 Å². The van der Waals surface area contributed by atoms with Gasteiger partial charge in [0.05, 0.1) is 11.5 Å². The zero-order valence-corrected chi connectivity index (χ0v) is 13.4. The molecule has 2 aromatic rings. The van der Waals surface area contributed by atoms with E-state index in [1.54, 1.807) is 6.92 Å². The summed E-state index contributed by atoms with van der Waals surface area (Å²) in [4.78, 5) is 27.0. The number of rotatable bonds is 5. The van der Waals surface area contributed by atoms with Gasteiger partial charge >= 0.3 is 12.1 Å². The number of carbonyl (C=O) groups is 2. The summed E-state index contributed by atoms with van der Waals surface area (Å²) in [6.45, 7) is 1.33. The number of amides is 1. The van der Waals surface area contributed by atoms with Crippen LogP contribution in [0, 0.1) is 6.92 Å². The first-order valence-electron chi connectivity index (χ1n) is 6.65. The zero-order valence-electron chi connectivity index (χ0n) is 12.6. The first kappa shape index (κ1) is 18.1. The van der Waals surface area contributed by atoms with Crippen molar-refractivity contribution >= 4 is 33.4 Å². The van der Waals surface area contributed by atoms with Gasteiger partial charge in [-0.3, -0.25) is 4.79 Å². The number of thiophene rings is 1. The molecule has 0 radical (unpaired) electrons. The fraction of sp³-hybridized carbons (Fsp3) is 0.357. The van der Waals surface area contributed by atoms with E-state index in [9.17, 15) is 22.8 Å². The van der Waals surface area contributed by atoms with Gasteiger partial charge in [-0.2, -0.15) is 13.2 Å². The van der Waals surface area contributed by atoms with E-state index in [2.05, 4.69) is 10.3 Å². The molecule has 0 saturated heterocycles. The number of aliphatic carboxylic acids is 1. The summed E-state index contributed by atoms with van der Waals surface area (Å²) in [5.41, 5.74) is -0.610. The zero-order chi connectivity index (χ0) is 18.1. The van der Waals surface area contributed by atoms with Crippen LogP contribution in [0.15, 0.2) is 12.1 Å². The lowest BCUT2D eigenvalue weighted by Crippen LogP contribution is -2.43. The molecule has 10 heteroatoms. The first-order valence-corrected chi connectivity index (χ1v) is 7.46. The van der Waals surface area contributed by atoms with Crippen LogP contribution < -0.4 is 5.32 Å². The quantitative estimate of drug-likeness (QED) is 0.853. The summed E-state index contributed by atoms with van der Waals surface area (Å²) in [7, 11) is 1.29. The van der Waals surface area contributed by atoms with Crippen LogP contribution in [0.1, 0.15) is 20.9 Å². The predicted octanol–water partition coefficient (Wildman–Crippen LogP) is 2.45. The molecule has 0 aliphatic rings. The molecule has 1 amide bonds. The van der Waals surface area contributed by atoms with Gasteiger partial charge in [0.1, 0.15) is 10.5 Å². The Morgan fingerprint density at radius 2 is 2.08 bits per heavy atom. The second-order valence-electron chi connectivity index (χ2n) is 4.92. The van der Waals surface area contributed by atoms with Crippen molar-refractivity contribution in [2.24, 2.45) is 0 Å². The van der Waals surface area contributed by atoms with Crippen LogP contribution in [0.4, 0.5) is 13.2 Å². The average molecular weight is 362 g/mol. The van der Waals surface area contributed by atoms with E-state index in [1.165, 1.54) is 13.2 Å². The topological polar surface area (TPSA) is 88.5 Å². The Balaban J connectivity index is 2.36. The molecular weight excluding hydrogens is 349 g/mol. The molecule has 0 aliphatic carbocycles. The van der Waals surface area contributed by atoms with Crippen molar-refractivity contribution in [1.29, 1.82) is 0 Å². The number of hydrogen-bond acceptors (Lipinski definition) is 5. The normalized spacial score (nSPS) is 13.0. The summed E-state index contributed by atoms with van der Waals surface area (Å²) in [6.07, 6.45) is -4.58. The lowest BCUT2D eigenvalue weighted by molar-refractivity contribution is -0.141.